The fourth-order valence-corrected chi connectivity index (χ4v) is 6.13. The van der Waals surface area contributed by atoms with E-state index in [-0.39, 0.29) is 41.8 Å². The zero-order chi connectivity index (χ0) is 29.1. The first-order valence-corrected chi connectivity index (χ1v) is 14.1. The van der Waals surface area contributed by atoms with Gasteiger partial charge in [0.25, 0.3) is 17.7 Å². The van der Waals surface area contributed by atoms with E-state index in [4.69, 9.17) is 4.74 Å². The highest BCUT2D eigenvalue weighted by molar-refractivity contribution is 7.80. The van der Waals surface area contributed by atoms with E-state index in [0.717, 1.165) is 30.6 Å². The van der Waals surface area contributed by atoms with Gasteiger partial charge < -0.3 is 25.6 Å². The second-order valence-corrected chi connectivity index (χ2v) is 11.2. The van der Waals surface area contributed by atoms with Gasteiger partial charge in [-0.25, -0.2) is 9.50 Å². The fourth-order valence-electron chi connectivity index (χ4n) is 5.75. The van der Waals surface area contributed by atoms with Gasteiger partial charge in [-0.3, -0.25) is 19.2 Å². The van der Waals surface area contributed by atoms with Crippen molar-refractivity contribution >= 4 is 48.1 Å². The number of thiol groups is 1. The minimum atomic E-state index is -0.418. The Morgan fingerprint density at radius 1 is 1.24 bits per heavy atom. The minimum Gasteiger partial charge on any atom is -0.482 e. The van der Waals surface area contributed by atoms with Crippen LogP contribution in [0.2, 0.25) is 0 Å². The molecule has 41 heavy (non-hydrogen) atoms. The van der Waals surface area contributed by atoms with Crippen LogP contribution in [-0.2, 0) is 16.1 Å². The summed E-state index contributed by atoms with van der Waals surface area (Å²) >= 11 is 4.45. The molecule has 3 unspecified atom stereocenters. The van der Waals surface area contributed by atoms with E-state index in [2.05, 4.69) is 38.7 Å². The van der Waals surface area contributed by atoms with Crippen LogP contribution >= 0.6 is 12.6 Å². The highest BCUT2D eigenvalue weighted by atomic mass is 32.1. The molecule has 1 aliphatic heterocycles. The third-order valence-electron chi connectivity index (χ3n) is 7.98. The number of nitrogens with one attached hydrogen (secondary N) is 3. The molecule has 3 atom stereocenters. The van der Waals surface area contributed by atoms with Crippen LogP contribution in [0.25, 0.3) is 5.65 Å². The molecular formula is C28H33N7O5S. The van der Waals surface area contributed by atoms with Gasteiger partial charge in [0.05, 0.1) is 11.9 Å². The average molecular weight is 580 g/mol. The van der Waals surface area contributed by atoms with Crippen LogP contribution in [0.15, 0.2) is 36.5 Å². The maximum absolute atomic E-state index is 13.1. The lowest BCUT2D eigenvalue weighted by Crippen LogP contribution is -2.61. The molecule has 12 nitrogen and oxygen atoms in total. The normalized spacial score (nSPS) is 21.8. The molecular weight excluding hydrogens is 546 g/mol. The van der Waals surface area contributed by atoms with E-state index in [1.54, 1.807) is 38.5 Å². The minimum absolute atomic E-state index is 0.0144. The second kappa shape index (κ2) is 11.8. The summed E-state index contributed by atoms with van der Waals surface area (Å²) in [6, 6.07) is 8.45. The van der Waals surface area contributed by atoms with Crippen molar-refractivity contribution in [3.05, 3.63) is 53.5 Å². The van der Waals surface area contributed by atoms with Crippen molar-refractivity contribution in [1.82, 2.24) is 30.1 Å². The Labute approximate surface area is 242 Å². The molecule has 3 heterocycles. The van der Waals surface area contributed by atoms with Crippen LogP contribution in [0.4, 0.5) is 5.69 Å². The van der Waals surface area contributed by atoms with E-state index in [1.807, 2.05) is 6.07 Å². The lowest BCUT2D eigenvalue weighted by Gasteiger charge is -2.63. The van der Waals surface area contributed by atoms with Crippen molar-refractivity contribution in [3.63, 3.8) is 0 Å². The molecule has 13 heteroatoms. The predicted octanol–water partition coefficient (Wildman–Crippen LogP) is 1.77. The molecule has 216 valence electrons. The Hall–Kier alpha value is -4.13. The van der Waals surface area contributed by atoms with Gasteiger partial charge in [-0.15, -0.1) is 0 Å². The third kappa shape index (κ3) is 5.85. The molecule has 0 radical (unpaired) electrons. The molecule has 2 aliphatic carbocycles. The molecule has 2 saturated carbocycles. The molecule has 0 spiro atoms. The average Bonchev–Trinajstić information content (AvgIpc) is 3.45. The lowest BCUT2D eigenvalue weighted by atomic mass is 9.43. The summed E-state index contributed by atoms with van der Waals surface area (Å²) in [5.41, 5.74) is 2.35. The molecule has 0 bridgehead atoms. The smallest absolute Gasteiger partial charge is 0.270 e. The molecule has 3 aliphatic rings. The number of anilines is 1. The highest BCUT2D eigenvalue weighted by Gasteiger charge is 2.58. The standard InChI is InChI=1S/C25H26N6O4S.C3H7NO/c32-22-11-35-20-2-1-14(7-17(20)30-22)10-26-23(33)18-8-19(31-21(29-18)4-6-28-31)24(34)27-13-25-5-3-16(25)15(9-25)12-36;1-4(2)3-5/h1-2,4,6-8,15-16,36H,3,5,9-13H2,(H,26,33)(H,27,34)(H,30,32);3H,1-2H3. The van der Waals surface area contributed by atoms with Crippen molar-refractivity contribution in [2.45, 2.75) is 25.8 Å². The van der Waals surface area contributed by atoms with E-state index >= 15 is 0 Å². The maximum Gasteiger partial charge on any atom is 0.270 e. The monoisotopic (exact) mass is 579 g/mol. The van der Waals surface area contributed by atoms with Crippen molar-refractivity contribution in [1.29, 1.82) is 0 Å². The van der Waals surface area contributed by atoms with Crippen molar-refractivity contribution in [2.24, 2.45) is 17.3 Å². The van der Waals surface area contributed by atoms with Crippen LogP contribution in [0.1, 0.15) is 45.8 Å². The molecule has 6 rings (SSSR count). The van der Waals surface area contributed by atoms with Crippen molar-refractivity contribution in [3.8, 4) is 5.75 Å². The summed E-state index contributed by atoms with van der Waals surface area (Å²) in [6.45, 7) is 0.817. The number of ether oxygens (including phenoxy) is 1. The largest absolute Gasteiger partial charge is 0.482 e. The van der Waals surface area contributed by atoms with Gasteiger partial charge >= 0.3 is 0 Å². The summed E-state index contributed by atoms with van der Waals surface area (Å²) in [5.74, 6) is 1.85. The van der Waals surface area contributed by atoms with Crippen LogP contribution in [0.3, 0.4) is 0 Å². The summed E-state index contributed by atoms with van der Waals surface area (Å²) in [6.07, 6.45) is 5.73. The first-order valence-electron chi connectivity index (χ1n) is 13.4. The van der Waals surface area contributed by atoms with Gasteiger partial charge in [-0.05, 0) is 60.0 Å². The van der Waals surface area contributed by atoms with E-state index in [9.17, 15) is 19.2 Å². The van der Waals surface area contributed by atoms with Crippen LogP contribution in [-0.4, -0.2) is 76.6 Å². The van der Waals surface area contributed by atoms with Crippen LogP contribution in [0, 0.1) is 17.3 Å². The summed E-state index contributed by atoms with van der Waals surface area (Å²) in [5, 5.41) is 12.9. The summed E-state index contributed by atoms with van der Waals surface area (Å²) < 4.78 is 6.82. The van der Waals surface area contributed by atoms with Gasteiger partial charge in [-0.1, -0.05) is 6.07 Å². The number of aromatic nitrogens is 3. The summed E-state index contributed by atoms with van der Waals surface area (Å²) in [7, 11) is 3.38. The summed E-state index contributed by atoms with van der Waals surface area (Å²) in [4.78, 5) is 52.9. The van der Waals surface area contributed by atoms with Crippen molar-refractivity contribution < 1.29 is 23.9 Å². The Kier molecular flexibility index (Phi) is 8.15. The number of nitrogens with zero attached hydrogens (tertiary/aromatic N) is 4. The molecule has 2 aromatic heterocycles. The quantitative estimate of drug-likeness (QED) is 0.235. The van der Waals surface area contributed by atoms with Crippen molar-refractivity contribution in [2.75, 3.05) is 38.3 Å². The molecule has 0 saturated heterocycles. The van der Waals surface area contributed by atoms with Gasteiger partial charge in [0.1, 0.15) is 17.1 Å². The topological polar surface area (TPSA) is 147 Å². The van der Waals surface area contributed by atoms with Crippen LogP contribution < -0.4 is 20.7 Å². The second-order valence-electron chi connectivity index (χ2n) is 10.9. The SMILES string of the molecule is CN(C)C=O.O=C1COc2ccc(CNC(=O)c3cc(C(=O)NCC45CCC4C(CS)C5)n4nccc4n3)cc2N1. The van der Waals surface area contributed by atoms with Crippen LogP contribution in [0.5, 0.6) is 5.75 Å². The zero-order valence-corrected chi connectivity index (χ0v) is 23.8. The maximum atomic E-state index is 13.1. The number of hydrogen-bond acceptors (Lipinski definition) is 8. The number of carbonyl (C=O) groups is 4. The first kappa shape index (κ1) is 28.4. The molecule has 3 aromatic rings. The highest BCUT2D eigenvalue weighted by Crippen LogP contribution is 2.64. The Balaban J connectivity index is 0.000000623. The molecule has 1 aromatic carbocycles. The van der Waals surface area contributed by atoms with E-state index in [0.29, 0.717) is 35.5 Å². The Morgan fingerprint density at radius 2 is 2.05 bits per heavy atom. The molecule has 2 fully saturated rings. The fraction of sp³-hybridized carbons (Fsp3) is 0.429. The number of carbonyl (C=O) groups excluding carboxylic acids is 4. The van der Waals surface area contributed by atoms with Gasteiger partial charge in [-0.2, -0.15) is 17.7 Å². The number of benzene rings is 1. The first-order chi connectivity index (χ1) is 19.7. The lowest BCUT2D eigenvalue weighted by molar-refractivity contribution is -0.120. The van der Waals surface area contributed by atoms with Gasteiger partial charge in [0, 0.05) is 39.3 Å². The zero-order valence-electron chi connectivity index (χ0n) is 22.9. The van der Waals surface area contributed by atoms with Gasteiger partial charge in [0.2, 0.25) is 6.41 Å². The Morgan fingerprint density at radius 3 is 2.73 bits per heavy atom. The Bertz CT molecular complexity index is 1490. The number of rotatable bonds is 8. The number of fused-ring (bicyclic) bond motifs is 3. The van der Waals surface area contributed by atoms with E-state index in [1.165, 1.54) is 21.9 Å². The predicted molar refractivity (Wildman–Crippen MR) is 154 cm³/mol. The number of amides is 4. The van der Waals surface area contributed by atoms with Gasteiger partial charge in [0.15, 0.2) is 12.3 Å². The van der Waals surface area contributed by atoms with E-state index < -0.39 is 5.91 Å². The third-order valence-corrected chi connectivity index (χ3v) is 8.45. The molecule has 4 amide bonds. The molecule has 3 N–H and O–H groups in total. The number of hydrogen-bond donors (Lipinski definition) is 4.